The maximum Gasteiger partial charge on any atom is 0.167 e. The van der Waals surface area contributed by atoms with Crippen LogP contribution in [0.5, 0.6) is 0 Å². The second-order valence-electron chi connectivity index (χ2n) is 3.66. The minimum atomic E-state index is -0.590. The molecular weight excluding hydrogens is 190 g/mol. The van der Waals surface area contributed by atoms with Gasteiger partial charge in [0.15, 0.2) is 5.76 Å². The molecule has 1 heterocycles. The summed E-state index contributed by atoms with van der Waals surface area (Å²) in [5.41, 5.74) is 2.71. The topological polar surface area (TPSA) is 46.3 Å². The molecule has 3 heteroatoms. The van der Waals surface area contributed by atoms with Crippen molar-refractivity contribution in [2.24, 2.45) is 0 Å². The van der Waals surface area contributed by atoms with E-state index in [-0.39, 0.29) is 0 Å². The van der Waals surface area contributed by atoms with E-state index in [2.05, 4.69) is 5.16 Å². The molecule has 78 valence electrons. The van der Waals surface area contributed by atoms with Crippen molar-refractivity contribution in [1.82, 2.24) is 5.16 Å². The molecule has 1 aromatic heterocycles. The number of aromatic nitrogens is 1. The van der Waals surface area contributed by atoms with Crippen LogP contribution in [0.1, 0.15) is 24.3 Å². The zero-order valence-corrected chi connectivity index (χ0v) is 8.77. The van der Waals surface area contributed by atoms with Gasteiger partial charge in [-0.3, -0.25) is 0 Å². The second kappa shape index (κ2) is 3.87. The van der Waals surface area contributed by atoms with Gasteiger partial charge in [-0.15, -0.1) is 0 Å². The molecule has 0 bridgehead atoms. The van der Waals surface area contributed by atoms with Crippen molar-refractivity contribution in [2.75, 3.05) is 0 Å². The van der Waals surface area contributed by atoms with Crippen LogP contribution in [0.25, 0.3) is 11.3 Å². The minimum absolute atomic E-state index is 0.562. The van der Waals surface area contributed by atoms with Crippen molar-refractivity contribution < 1.29 is 9.63 Å². The number of aliphatic hydroxyl groups excluding tert-OH is 1. The molecule has 0 saturated carbocycles. The van der Waals surface area contributed by atoms with Gasteiger partial charge in [0.05, 0.1) is 6.10 Å². The highest BCUT2D eigenvalue weighted by atomic mass is 16.5. The van der Waals surface area contributed by atoms with Gasteiger partial charge in [-0.05, 0) is 19.9 Å². The van der Waals surface area contributed by atoms with Crippen molar-refractivity contribution in [3.63, 3.8) is 0 Å². The van der Waals surface area contributed by atoms with Gasteiger partial charge in [0.2, 0.25) is 0 Å². The van der Waals surface area contributed by atoms with Gasteiger partial charge < -0.3 is 9.63 Å². The molecule has 3 nitrogen and oxygen atoms in total. The summed E-state index contributed by atoms with van der Waals surface area (Å²) >= 11 is 0. The van der Waals surface area contributed by atoms with E-state index < -0.39 is 6.10 Å². The van der Waals surface area contributed by atoms with Crippen LogP contribution in [0.3, 0.4) is 0 Å². The van der Waals surface area contributed by atoms with Crippen LogP contribution >= 0.6 is 0 Å². The minimum Gasteiger partial charge on any atom is -0.387 e. The molecule has 0 aliphatic rings. The number of benzene rings is 1. The van der Waals surface area contributed by atoms with E-state index in [1.165, 1.54) is 5.56 Å². The lowest BCUT2D eigenvalue weighted by Crippen LogP contribution is -1.88. The summed E-state index contributed by atoms with van der Waals surface area (Å²) in [4.78, 5) is 0. The fourth-order valence-electron chi connectivity index (χ4n) is 1.42. The molecule has 1 N–H and O–H groups in total. The SMILES string of the molecule is Cc1cccc(-c2cc([C@H](C)O)no2)c1. The maximum absolute atomic E-state index is 9.32. The van der Waals surface area contributed by atoms with E-state index in [0.29, 0.717) is 11.5 Å². The monoisotopic (exact) mass is 203 g/mol. The first-order chi connectivity index (χ1) is 7.16. The third-order valence-corrected chi connectivity index (χ3v) is 2.26. The van der Waals surface area contributed by atoms with E-state index >= 15 is 0 Å². The van der Waals surface area contributed by atoms with Gasteiger partial charge in [0.25, 0.3) is 0 Å². The van der Waals surface area contributed by atoms with Gasteiger partial charge in [-0.2, -0.15) is 0 Å². The molecule has 2 aromatic rings. The normalized spacial score (nSPS) is 12.7. The van der Waals surface area contributed by atoms with Gasteiger partial charge in [0.1, 0.15) is 5.69 Å². The highest BCUT2D eigenvalue weighted by Gasteiger charge is 2.10. The van der Waals surface area contributed by atoms with Crippen LogP contribution in [-0.2, 0) is 0 Å². The maximum atomic E-state index is 9.32. The second-order valence-corrected chi connectivity index (χ2v) is 3.66. The van der Waals surface area contributed by atoms with Crippen molar-refractivity contribution in [2.45, 2.75) is 20.0 Å². The summed E-state index contributed by atoms with van der Waals surface area (Å²) in [5, 5.41) is 13.1. The van der Waals surface area contributed by atoms with Gasteiger partial charge in [0, 0.05) is 11.6 Å². The number of aryl methyl sites for hydroxylation is 1. The third kappa shape index (κ3) is 2.07. The molecule has 0 amide bonds. The first kappa shape index (κ1) is 9.93. The Kier molecular flexibility index (Phi) is 2.56. The average Bonchev–Trinajstić information content (AvgIpc) is 2.66. The molecule has 0 fully saturated rings. The molecule has 0 aliphatic heterocycles. The van der Waals surface area contributed by atoms with Crippen molar-refractivity contribution in [3.05, 3.63) is 41.6 Å². The quantitative estimate of drug-likeness (QED) is 0.816. The van der Waals surface area contributed by atoms with Crippen LogP contribution in [0.2, 0.25) is 0 Å². The lowest BCUT2D eigenvalue weighted by molar-refractivity contribution is 0.188. The van der Waals surface area contributed by atoms with Gasteiger partial charge in [-0.25, -0.2) is 0 Å². The number of nitrogens with zero attached hydrogens (tertiary/aromatic N) is 1. The summed E-state index contributed by atoms with van der Waals surface area (Å²) in [6.07, 6.45) is -0.590. The highest BCUT2D eigenvalue weighted by Crippen LogP contribution is 2.23. The van der Waals surface area contributed by atoms with Crippen molar-refractivity contribution in [3.8, 4) is 11.3 Å². The molecule has 0 unspecified atom stereocenters. The largest absolute Gasteiger partial charge is 0.387 e. The van der Waals surface area contributed by atoms with Crippen LogP contribution in [-0.4, -0.2) is 10.3 Å². The molecule has 0 spiro atoms. The van der Waals surface area contributed by atoms with Crippen LogP contribution in [0.4, 0.5) is 0 Å². The zero-order chi connectivity index (χ0) is 10.8. The molecule has 15 heavy (non-hydrogen) atoms. The highest BCUT2D eigenvalue weighted by molar-refractivity contribution is 5.58. The summed E-state index contributed by atoms with van der Waals surface area (Å²) in [5.74, 6) is 0.689. The van der Waals surface area contributed by atoms with Crippen LogP contribution in [0.15, 0.2) is 34.9 Å². The van der Waals surface area contributed by atoms with E-state index in [0.717, 1.165) is 5.56 Å². The average molecular weight is 203 g/mol. The fraction of sp³-hybridized carbons (Fsp3) is 0.250. The molecule has 2 rings (SSSR count). The lowest BCUT2D eigenvalue weighted by atomic mass is 10.1. The number of rotatable bonds is 2. The smallest absolute Gasteiger partial charge is 0.167 e. The van der Waals surface area contributed by atoms with Gasteiger partial charge in [-0.1, -0.05) is 28.9 Å². The van der Waals surface area contributed by atoms with Gasteiger partial charge >= 0.3 is 0 Å². The molecule has 0 aliphatic carbocycles. The lowest BCUT2D eigenvalue weighted by Gasteiger charge is -1.96. The molecule has 0 saturated heterocycles. The molecule has 1 atom stereocenters. The number of hydrogen-bond acceptors (Lipinski definition) is 3. The Labute approximate surface area is 88.3 Å². The van der Waals surface area contributed by atoms with Crippen molar-refractivity contribution >= 4 is 0 Å². The standard InChI is InChI=1S/C12H13NO2/c1-8-4-3-5-10(6-8)12-7-11(9(2)14)13-15-12/h3-7,9,14H,1-2H3/t9-/m0/s1. The zero-order valence-electron chi connectivity index (χ0n) is 8.77. The first-order valence-electron chi connectivity index (χ1n) is 4.88. The van der Waals surface area contributed by atoms with E-state index in [9.17, 15) is 5.11 Å². The van der Waals surface area contributed by atoms with E-state index in [1.807, 2.05) is 31.2 Å². The Hall–Kier alpha value is -1.61. The Bertz CT molecular complexity index is 460. The summed E-state index contributed by atoms with van der Waals surface area (Å²) in [6.45, 7) is 3.69. The fourth-order valence-corrected chi connectivity index (χ4v) is 1.42. The first-order valence-corrected chi connectivity index (χ1v) is 4.88. The van der Waals surface area contributed by atoms with Crippen LogP contribution in [0, 0.1) is 6.92 Å². The molecule has 1 aromatic carbocycles. The summed E-state index contributed by atoms with van der Waals surface area (Å²) in [7, 11) is 0. The predicted octanol–water partition coefficient (Wildman–Crippen LogP) is 2.70. The number of hydrogen-bond donors (Lipinski definition) is 1. The summed E-state index contributed by atoms with van der Waals surface area (Å²) < 4.78 is 5.16. The number of aliphatic hydroxyl groups is 1. The third-order valence-electron chi connectivity index (χ3n) is 2.26. The van der Waals surface area contributed by atoms with E-state index in [4.69, 9.17) is 4.52 Å². The summed E-state index contributed by atoms with van der Waals surface area (Å²) in [6, 6.07) is 9.73. The van der Waals surface area contributed by atoms with E-state index in [1.54, 1.807) is 13.0 Å². The Morgan fingerprint density at radius 3 is 2.73 bits per heavy atom. The Balaban J connectivity index is 2.37. The predicted molar refractivity (Wildman–Crippen MR) is 57.3 cm³/mol. The molecular formula is C12H13NO2. The Morgan fingerprint density at radius 1 is 1.33 bits per heavy atom. The Morgan fingerprint density at radius 2 is 2.13 bits per heavy atom. The molecule has 0 radical (unpaired) electrons. The van der Waals surface area contributed by atoms with Crippen LogP contribution < -0.4 is 0 Å². The van der Waals surface area contributed by atoms with Crippen molar-refractivity contribution in [1.29, 1.82) is 0 Å².